The zero-order valence-electron chi connectivity index (χ0n) is 8.72. The van der Waals surface area contributed by atoms with E-state index in [0.29, 0.717) is 5.88 Å². The van der Waals surface area contributed by atoms with Crippen LogP contribution in [0.5, 0.6) is 5.75 Å². The van der Waals surface area contributed by atoms with E-state index in [-0.39, 0.29) is 0 Å². The molecule has 0 spiro atoms. The van der Waals surface area contributed by atoms with Gasteiger partial charge in [-0.3, -0.25) is 0 Å². The summed E-state index contributed by atoms with van der Waals surface area (Å²) >= 11 is 5.69. The summed E-state index contributed by atoms with van der Waals surface area (Å²) in [4.78, 5) is 3.25. The van der Waals surface area contributed by atoms with Crippen LogP contribution in [0.2, 0.25) is 0 Å². The molecule has 80 valence electrons. The maximum Gasteiger partial charge on any atom is 0.119 e. The van der Waals surface area contributed by atoms with Crippen molar-refractivity contribution in [1.82, 2.24) is 4.98 Å². The summed E-state index contributed by atoms with van der Waals surface area (Å²) in [5.74, 6) is 1.60. The Kier molecular flexibility index (Phi) is 3.17. The topological polar surface area (TPSA) is 25.0 Å². The maximum atomic E-state index is 5.69. The van der Waals surface area contributed by atoms with Crippen molar-refractivity contribution in [3.05, 3.63) is 30.0 Å². The predicted octanol–water partition coefficient (Wildman–Crippen LogP) is 3.35. The van der Waals surface area contributed by atoms with Gasteiger partial charge in [0.25, 0.3) is 0 Å². The van der Waals surface area contributed by atoms with Crippen molar-refractivity contribution < 1.29 is 4.74 Å². The van der Waals surface area contributed by atoms with Crippen molar-refractivity contribution in [1.29, 1.82) is 0 Å². The molecule has 0 amide bonds. The van der Waals surface area contributed by atoms with Crippen molar-refractivity contribution in [3.8, 4) is 5.75 Å². The zero-order valence-corrected chi connectivity index (χ0v) is 9.47. The van der Waals surface area contributed by atoms with Crippen LogP contribution in [0.1, 0.15) is 12.0 Å². The summed E-state index contributed by atoms with van der Waals surface area (Å²) < 4.78 is 5.21. The summed E-state index contributed by atoms with van der Waals surface area (Å²) in [6.07, 6.45) is 4.07. The molecule has 15 heavy (non-hydrogen) atoms. The van der Waals surface area contributed by atoms with Gasteiger partial charge >= 0.3 is 0 Å². The summed E-state index contributed by atoms with van der Waals surface area (Å²) in [6, 6.07) is 6.07. The fourth-order valence-corrected chi connectivity index (χ4v) is 1.88. The molecule has 2 aromatic rings. The van der Waals surface area contributed by atoms with Crippen LogP contribution in [0.15, 0.2) is 24.4 Å². The van der Waals surface area contributed by atoms with Gasteiger partial charge in [-0.15, -0.1) is 11.6 Å². The Hall–Kier alpha value is -1.15. The van der Waals surface area contributed by atoms with E-state index in [0.717, 1.165) is 24.1 Å². The quantitative estimate of drug-likeness (QED) is 0.791. The standard InChI is InChI=1S/C12H14ClNO/c1-15-10-4-5-12-11(7-10)9(8-14-12)3-2-6-13/h4-5,7-8,14H,2-3,6H2,1H3. The van der Waals surface area contributed by atoms with Gasteiger partial charge in [0.2, 0.25) is 0 Å². The Labute approximate surface area is 94.2 Å². The fourth-order valence-electron chi connectivity index (χ4n) is 1.75. The molecule has 0 aliphatic rings. The first-order chi connectivity index (χ1) is 7.35. The second-order valence-electron chi connectivity index (χ2n) is 3.52. The van der Waals surface area contributed by atoms with Crippen LogP contribution in [-0.2, 0) is 6.42 Å². The molecule has 0 aliphatic carbocycles. The van der Waals surface area contributed by atoms with Crippen LogP contribution < -0.4 is 4.74 Å². The number of aryl methyl sites for hydroxylation is 1. The average Bonchev–Trinajstić information content (AvgIpc) is 2.68. The number of nitrogens with one attached hydrogen (secondary N) is 1. The largest absolute Gasteiger partial charge is 0.497 e. The van der Waals surface area contributed by atoms with Crippen molar-refractivity contribution in [2.24, 2.45) is 0 Å². The second kappa shape index (κ2) is 4.58. The summed E-state index contributed by atoms with van der Waals surface area (Å²) in [5.41, 5.74) is 2.46. The number of benzene rings is 1. The minimum atomic E-state index is 0.705. The lowest BCUT2D eigenvalue weighted by atomic mass is 10.1. The van der Waals surface area contributed by atoms with E-state index in [2.05, 4.69) is 17.2 Å². The number of rotatable bonds is 4. The Morgan fingerprint density at radius 2 is 2.27 bits per heavy atom. The number of methoxy groups -OCH3 is 1. The van der Waals surface area contributed by atoms with Gasteiger partial charge in [-0.25, -0.2) is 0 Å². The number of fused-ring (bicyclic) bond motifs is 1. The minimum absolute atomic E-state index is 0.705. The van der Waals surface area contributed by atoms with E-state index in [1.54, 1.807) is 7.11 Å². The maximum absolute atomic E-state index is 5.69. The van der Waals surface area contributed by atoms with Crippen molar-refractivity contribution in [3.63, 3.8) is 0 Å². The Morgan fingerprint density at radius 1 is 1.40 bits per heavy atom. The average molecular weight is 224 g/mol. The van der Waals surface area contributed by atoms with E-state index in [4.69, 9.17) is 16.3 Å². The minimum Gasteiger partial charge on any atom is -0.497 e. The van der Waals surface area contributed by atoms with Crippen LogP contribution in [-0.4, -0.2) is 18.0 Å². The number of halogens is 1. The molecule has 0 saturated carbocycles. The highest BCUT2D eigenvalue weighted by atomic mass is 35.5. The Morgan fingerprint density at radius 3 is 3.00 bits per heavy atom. The first-order valence-corrected chi connectivity index (χ1v) is 5.58. The lowest BCUT2D eigenvalue weighted by molar-refractivity contribution is 0.415. The number of ether oxygens (including phenoxy) is 1. The van der Waals surface area contributed by atoms with Crippen molar-refractivity contribution in [2.75, 3.05) is 13.0 Å². The van der Waals surface area contributed by atoms with Crippen molar-refractivity contribution in [2.45, 2.75) is 12.8 Å². The van der Waals surface area contributed by atoms with Crippen LogP contribution in [0, 0.1) is 0 Å². The molecular weight excluding hydrogens is 210 g/mol. The monoisotopic (exact) mass is 223 g/mol. The van der Waals surface area contributed by atoms with E-state index >= 15 is 0 Å². The third-order valence-electron chi connectivity index (χ3n) is 2.55. The molecular formula is C12H14ClNO. The van der Waals surface area contributed by atoms with Crippen LogP contribution >= 0.6 is 11.6 Å². The molecule has 0 atom stereocenters. The van der Waals surface area contributed by atoms with E-state index in [1.165, 1.54) is 10.9 Å². The summed E-state index contributed by atoms with van der Waals surface area (Å²) in [6.45, 7) is 0. The molecule has 3 heteroatoms. The number of hydrogen-bond donors (Lipinski definition) is 1. The molecule has 0 aliphatic heterocycles. The summed E-state index contributed by atoms with van der Waals surface area (Å²) in [5, 5.41) is 1.24. The van der Waals surface area contributed by atoms with Gasteiger partial charge in [-0.05, 0) is 36.6 Å². The zero-order chi connectivity index (χ0) is 10.7. The number of hydrogen-bond acceptors (Lipinski definition) is 1. The first-order valence-electron chi connectivity index (χ1n) is 5.05. The molecule has 2 rings (SSSR count). The first kappa shape index (κ1) is 10.4. The van der Waals surface area contributed by atoms with Gasteiger partial charge in [0.1, 0.15) is 5.75 Å². The highest BCUT2D eigenvalue weighted by molar-refractivity contribution is 6.17. The van der Waals surface area contributed by atoms with Gasteiger partial charge in [0.15, 0.2) is 0 Å². The molecule has 1 aromatic carbocycles. The van der Waals surface area contributed by atoms with E-state index in [9.17, 15) is 0 Å². The third kappa shape index (κ3) is 2.10. The predicted molar refractivity (Wildman–Crippen MR) is 63.9 cm³/mol. The number of aromatic nitrogens is 1. The lowest BCUT2D eigenvalue weighted by Crippen LogP contribution is -1.85. The van der Waals surface area contributed by atoms with E-state index < -0.39 is 0 Å². The molecule has 1 N–H and O–H groups in total. The molecule has 1 aromatic heterocycles. The Balaban J connectivity index is 2.38. The van der Waals surface area contributed by atoms with Crippen LogP contribution in [0.3, 0.4) is 0 Å². The molecule has 0 radical (unpaired) electrons. The van der Waals surface area contributed by atoms with Gasteiger partial charge in [-0.2, -0.15) is 0 Å². The molecule has 1 heterocycles. The highest BCUT2D eigenvalue weighted by Gasteiger charge is 2.04. The van der Waals surface area contributed by atoms with Gasteiger partial charge < -0.3 is 9.72 Å². The molecule has 0 unspecified atom stereocenters. The molecule has 0 saturated heterocycles. The summed E-state index contributed by atoms with van der Waals surface area (Å²) in [7, 11) is 1.69. The third-order valence-corrected chi connectivity index (χ3v) is 2.82. The van der Waals surface area contributed by atoms with Crippen LogP contribution in [0.25, 0.3) is 10.9 Å². The molecule has 0 bridgehead atoms. The Bertz CT molecular complexity index is 450. The SMILES string of the molecule is COc1ccc2[nH]cc(CCCCl)c2c1. The smallest absolute Gasteiger partial charge is 0.119 e. The van der Waals surface area contributed by atoms with Gasteiger partial charge in [0.05, 0.1) is 7.11 Å². The van der Waals surface area contributed by atoms with Gasteiger partial charge in [0, 0.05) is 23.0 Å². The normalized spacial score (nSPS) is 10.8. The number of H-pyrrole nitrogens is 1. The van der Waals surface area contributed by atoms with Crippen LogP contribution in [0.4, 0.5) is 0 Å². The molecule has 0 fully saturated rings. The van der Waals surface area contributed by atoms with Gasteiger partial charge in [-0.1, -0.05) is 0 Å². The number of alkyl halides is 1. The van der Waals surface area contributed by atoms with Crippen molar-refractivity contribution >= 4 is 22.5 Å². The lowest BCUT2D eigenvalue weighted by Gasteiger charge is -2.01. The number of aromatic amines is 1. The second-order valence-corrected chi connectivity index (χ2v) is 3.90. The highest BCUT2D eigenvalue weighted by Crippen LogP contribution is 2.24. The fraction of sp³-hybridized carbons (Fsp3) is 0.333. The molecule has 2 nitrogen and oxygen atoms in total. The van der Waals surface area contributed by atoms with E-state index in [1.807, 2.05) is 12.1 Å².